The van der Waals surface area contributed by atoms with Gasteiger partial charge >= 0.3 is 17.6 Å². The number of nitrogens with zero attached hydrogens (tertiary/aromatic N) is 2. The molecule has 7 unspecified atom stereocenters. The molecule has 388 valence electrons. The quantitative estimate of drug-likeness (QED) is 0.0233. The van der Waals surface area contributed by atoms with E-state index in [2.05, 4.69) is 27.7 Å². The monoisotopic (exact) mass is 988 g/mol. The van der Waals surface area contributed by atoms with E-state index in [4.69, 9.17) is 24.5 Å². The first-order valence-electron chi connectivity index (χ1n) is 24.0. The summed E-state index contributed by atoms with van der Waals surface area (Å²) in [4.78, 5) is 66.2. The van der Waals surface area contributed by atoms with Gasteiger partial charge in [0.1, 0.15) is 30.7 Å². The minimum Gasteiger partial charge on any atom is -0.756 e. The van der Waals surface area contributed by atoms with Crippen LogP contribution < -0.4 is 33.5 Å². The van der Waals surface area contributed by atoms with E-state index in [1.165, 1.54) is 109 Å². The molecule has 12 N–H and O–H groups in total. The van der Waals surface area contributed by atoms with Crippen LogP contribution in [-0.4, -0.2) is 75.9 Å². The van der Waals surface area contributed by atoms with Crippen molar-refractivity contribution in [2.24, 2.45) is 0 Å². The van der Waals surface area contributed by atoms with Crippen molar-refractivity contribution in [3.05, 3.63) is 22.7 Å². The maximum Gasteiger partial charge on any atom is 0.351 e. The molecular formula is C44H87N5O15P2. The third kappa shape index (κ3) is 29.5. The van der Waals surface area contributed by atoms with Gasteiger partial charge in [0, 0.05) is 19.0 Å². The van der Waals surface area contributed by atoms with E-state index in [1.807, 2.05) is 0 Å². The van der Waals surface area contributed by atoms with Crippen molar-refractivity contribution in [2.75, 3.05) is 25.6 Å². The molecule has 1 fully saturated rings. The highest BCUT2D eigenvalue weighted by atomic mass is 31.3. The van der Waals surface area contributed by atoms with Gasteiger partial charge in [-0.2, -0.15) is 4.98 Å². The number of aliphatic hydroxyl groups is 2. The maximum atomic E-state index is 12.8. The molecule has 0 aromatic carbocycles. The van der Waals surface area contributed by atoms with Crippen molar-refractivity contribution in [2.45, 2.75) is 224 Å². The molecule has 1 aromatic heterocycles. The molecule has 22 heteroatoms. The number of esters is 2. The average Bonchev–Trinajstić information content (AvgIpc) is 3.52. The number of phosphoric ester groups is 2. The number of carbonyl (C=O) groups excluding carboxylic acids is 2. The lowest BCUT2D eigenvalue weighted by molar-refractivity contribution is -0.246. The van der Waals surface area contributed by atoms with Crippen LogP contribution >= 0.6 is 15.6 Å². The lowest BCUT2D eigenvalue weighted by Gasteiger charge is -2.32. The first-order chi connectivity index (χ1) is 30.7. The van der Waals surface area contributed by atoms with Gasteiger partial charge in [0.25, 0.3) is 15.6 Å². The highest BCUT2D eigenvalue weighted by molar-refractivity contribution is 7.59. The zero-order chi connectivity index (χ0) is 47.1. The van der Waals surface area contributed by atoms with Crippen molar-refractivity contribution in [1.29, 1.82) is 0 Å². The summed E-state index contributed by atoms with van der Waals surface area (Å²) < 4.78 is 55.7. The normalized spacial score (nSPS) is 19.2. The van der Waals surface area contributed by atoms with E-state index in [-0.39, 0.29) is 31.0 Å². The molecule has 0 saturated carbocycles. The lowest BCUT2D eigenvalue weighted by atomic mass is 10.0. The van der Waals surface area contributed by atoms with Crippen molar-refractivity contribution in [1.82, 2.24) is 21.9 Å². The van der Waals surface area contributed by atoms with Gasteiger partial charge in [-0.05, 0) is 18.9 Å². The van der Waals surface area contributed by atoms with Gasteiger partial charge in [0.05, 0.1) is 13.2 Å². The van der Waals surface area contributed by atoms with E-state index < -0.39 is 83.7 Å². The number of unbranched alkanes of at least 4 members (excludes halogenated alkanes) is 24. The van der Waals surface area contributed by atoms with E-state index >= 15 is 0 Å². The van der Waals surface area contributed by atoms with Gasteiger partial charge < -0.3 is 61.3 Å². The van der Waals surface area contributed by atoms with Crippen LogP contribution in [0.25, 0.3) is 0 Å². The SMILES string of the molecule is CCCCCCCCCCCCCCCC(=O)OCC(COP(=O)([O-])OP(=O)([O-])OCC1OC(n2ccc(N)nc2=O)C(O)C1O)OC(=O)CCCCCCCCCCCCCCC.[NH4+].[NH4+]. The number of ether oxygens (including phenoxy) is 3. The number of hydrogen-bond acceptors (Lipinski definition) is 17. The summed E-state index contributed by atoms with van der Waals surface area (Å²) in [7, 11) is -11.4. The number of aromatic nitrogens is 2. The first-order valence-corrected chi connectivity index (χ1v) is 26.9. The first kappa shape index (κ1) is 63.7. The Morgan fingerprint density at radius 1 is 0.697 bits per heavy atom. The van der Waals surface area contributed by atoms with Crippen LogP contribution in [0.5, 0.6) is 0 Å². The van der Waals surface area contributed by atoms with Crippen LogP contribution in [0.15, 0.2) is 17.1 Å². The van der Waals surface area contributed by atoms with Gasteiger partial charge in [0.2, 0.25) is 0 Å². The van der Waals surface area contributed by atoms with E-state index in [0.717, 1.165) is 62.1 Å². The summed E-state index contributed by atoms with van der Waals surface area (Å²) in [5.41, 5.74) is 4.55. The van der Waals surface area contributed by atoms with Gasteiger partial charge in [-0.1, -0.05) is 168 Å². The Balaban J connectivity index is 0.0000211. The number of aliphatic hydroxyl groups excluding tert-OH is 2. The number of rotatable bonds is 40. The number of hydrogen-bond donors (Lipinski definition) is 5. The molecular weight excluding hydrogens is 900 g/mol. The van der Waals surface area contributed by atoms with Crippen LogP contribution in [-0.2, 0) is 46.3 Å². The fourth-order valence-corrected chi connectivity index (χ4v) is 9.45. The fourth-order valence-electron chi connectivity index (χ4n) is 7.42. The molecule has 1 aliphatic heterocycles. The maximum absolute atomic E-state index is 12.8. The van der Waals surface area contributed by atoms with Crippen LogP contribution in [0.3, 0.4) is 0 Å². The van der Waals surface area contributed by atoms with Gasteiger partial charge in [0.15, 0.2) is 12.3 Å². The Bertz CT molecular complexity index is 1580. The van der Waals surface area contributed by atoms with Gasteiger partial charge in [-0.25, -0.2) is 9.11 Å². The van der Waals surface area contributed by atoms with Gasteiger partial charge in [-0.3, -0.25) is 23.3 Å². The largest absolute Gasteiger partial charge is 0.756 e. The summed E-state index contributed by atoms with van der Waals surface area (Å²) in [6.07, 6.45) is 22.8. The zero-order valence-corrected chi connectivity index (χ0v) is 42.3. The molecule has 1 aliphatic rings. The van der Waals surface area contributed by atoms with Crippen LogP contribution in [0.4, 0.5) is 5.82 Å². The molecule has 2 rings (SSSR count). The van der Waals surface area contributed by atoms with Crippen molar-refractivity contribution in [3.8, 4) is 0 Å². The molecule has 66 heavy (non-hydrogen) atoms. The second-order valence-corrected chi connectivity index (χ2v) is 19.9. The molecule has 0 amide bonds. The second kappa shape index (κ2) is 37.6. The standard InChI is InChI=1S/C44H81N3O15P2.2H3N/c1-3-5-7-9-11-13-15-17-19-21-23-25-27-29-39(48)57-33-36(60-40(49)30-28-26-24-22-20-18-16-14-12-10-8-6-4-2)34-58-63(53,54)62-64(55,56)59-35-37-41(50)42(51)43(61-37)47-32-31-38(45)46-44(47)52;;/h31-32,36-37,41-43,50-51H,3-30,33-35H2,1-2H3,(H,53,54)(H,55,56)(H2,45,46,52);2*1H3. The van der Waals surface area contributed by atoms with Crippen LogP contribution in [0, 0.1) is 0 Å². The minimum absolute atomic E-state index is 0. The highest BCUT2D eigenvalue weighted by Crippen LogP contribution is 2.56. The lowest BCUT2D eigenvalue weighted by Crippen LogP contribution is -2.36. The predicted molar refractivity (Wildman–Crippen MR) is 250 cm³/mol. The number of quaternary nitrogens is 2. The number of nitrogens with two attached hydrogens (primary N) is 1. The van der Waals surface area contributed by atoms with E-state index in [0.29, 0.717) is 12.8 Å². The number of nitrogen functional groups attached to an aromatic ring is 1. The van der Waals surface area contributed by atoms with Crippen molar-refractivity contribution in [3.63, 3.8) is 0 Å². The molecule has 2 heterocycles. The summed E-state index contributed by atoms with van der Waals surface area (Å²) in [6, 6.07) is 1.23. The van der Waals surface area contributed by atoms with E-state index in [1.54, 1.807) is 0 Å². The smallest absolute Gasteiger partial charge is 0.351 e. The summed E-state index contributed by atoms with van der Waals surface area (Å²) >= 11 is 0. The average molecular weight is 988 g/mol. The Labute approximate surface area is 393 Å². The van der Waals surface area contributed by atoms with Crippen molar-refractivity contribution < 1.29 is 66.3 Å². The Morgan fingerprint density at radius 3 is 1.58 bits per heavy atom. The number of anilines is 1. The zero-order valence-electron chi connectivity index (χ0n) is 40.5. The minimum atomic E-state index is -5.72. The molecule has 1 aromatic rings. The number of phosphoric acid groups is 2. The molecule has 0 spiro atoms. The third-order valence-electron chi connectivity index (χ3n) is 11.2. The summed E-state index contributed by atoms with van der Waals surface area (Å²) in [5, 5.41) is 20.8. The molecule has 20 nitrogen and oxygen atoms in total. The molecule has 0 bridgehead atoms. The van der Waals surface area contributed by atoms with Crippen LogP contribution in [0.2, 0.25) is 0 Å². The third-order valence-corrected chi connectivity index (χ3v) is 13.7. The van der Waals surface area contributed by atoms with Crippen LogP contribution in [0.1, 0.15) is 200 Å². The Kier molecular flexibility index (Phi) is 36.2. The molecule has 1 saturated heterocycles. The van der Waals surface area contributed by atoms with E-state index in [9.17, 15) is 43.5 Å². The molecule has 0 radical (unpaired) electrons. The fraction of sp³-hybridized carbons (Fsp3) is 0.864. The number of carbonyl (C=O) groups is 2. The topological polar surface area (TPSA) is 344 Å². The molecule has 7 atom stereocenters. The summed E-state index contributed by atoms with van der Waals surface area (Å²) in [6.45, 7) is 1.93. The molecule has 0 aliphatic carbocycles. The highest BCUT2D eigenvalue weighted by Gasteiger charge is 2.45. The second-order valence-electron chi connectivity index (χ2n) is 16.9. The van der Waals surface area contributed by atoms with Crippen molar-refractivity contribution >= 4 is 33.4 Å². The summed E-state index contributed by atoms with van der Waals surface area (Å²) in [5.74, 6) is -1.35. The van der Waals surface area contributed by atoms with Gasteiger partial charge in [-0.15, -0.1) is 0 Å². The predicted octanol–water partition coefficient (Wildman–Crippen LogP) is 8.60. The Morgan fingerprint density at radius 2 is 1.12 bits per heavy atom. The Hall–Kier alpha value is -2.32.